The van der Waals surface area contributed by atoms with Crippen LogP contribution in [0.15, 0.2) is 0 Å². The lowest BCUT2D eigenvalue weighted by Crippen LogP contribution is -2.50. The Morgan fingerprint density at radius 1 is 1.62 bits per heavy atom. The molecule has 0 aromatic heterocycles. The molecule has 0 aliphatic carbocycles. The van der Waals surface area contributed by atoms with Gasteiger partial charge in [0.1, 0.15) is 0 Å². The summed E-state index contributed by atoms with van der Waals surface area (Å²) in [6.45, 7) is 1.91. The van der Waals surface area contributed by atoms with Crippen molar-refractivity contribution < 1.29 is 14.6 Å². The summed E-state index contributed by atoms with van der Waals surface area (Å²) in [6, 6.07) is -0.0629. The highest BCUT2D eigenvalue weighted by Gasteiger charge is 2.22. The summed E-state index contributed by atoms with van der Waals surface area (Å²) in [6.07, 6.45) is 1.73. The van der Waals surface area contributed by atoms with E-state index in [-0.39, 0.29) is 18.7 Å². The predicted octanol–water partition coefficient (Wildman–Crippen LogP) is -0.874. The van der Waals surface area contributed by atoms with E-state index in [1.807, 2.05) is 0 Å². The van der Waals surface area contributed by atoms with Gasteiger partial charge in [-0.2, -0.15) is 0 Å². The molecule has 1 heterocycles. The maximum Gasteiger partial charge on any atom is 0.314 e. The van der Waals surface area contributed by atoms with E-state index in [2.05, 4.69) is 5.32 Å². The van der Waals surface area contributed by atoms with Crippen molar-refractivity contribution in [2.24, 2.45) is 5.73 Å². The third-order valence-corrected chi connectivity index (χ3v) is 2.87. The topological polar surface area (TPSA) is 87.8 Å². The molecule has 1 fully saturated rings. The minimum atomic E-state index is -0.353. The molecule has 0 aromatic carbocycles. The lowest BCUT2D eigenvalue weighted by atomic mass is 10.0. The van der Waals surface area contributed by atoms with Crippen LogP contribution < -0.4 is 11.1 Å². The lowest BCUT2D eigenvalue weighted by Gasteiger charge is -2.33. The first kappa shape index (κ1) is 13.2. The van der Waals surface area contributed by atoms with Gasteiger partial charge in [0, 0.05) is 26.2 Å². The zero-order valence-corrected chi connectivity index (χ0v) is 9.69. The van der Waals surface area contributed by atoms with Crippen LogP contribution in [0, 0.1) is 0 Å². The molecule has 6 nitrogen and oxygen atoms in total. The molecule has 1 rings (SSSR count). The number of ether oxygens (including phenoxy) is 1. The fraction of sp³-hybridized carbons (Fsp3) is 0.900. The van der Waals surface area contributed by atoms with E-state index in [0.29, 0.717) is 25.7 Å². The highest BCUT2D eigenvalue weighted by molar-refractivity contribution is 5.72. The lowest BCUT2D eigenvalue weighted by molar-refractivity contribution is 0.112. The van der Waals surface area contributed by atoms with Crippen LogP contribution in [0.1, 0.15) is 12.8 Å². The molecule has 0 spiro atoms. The summed E-state index contributed by atoms with van der Waals surface area (Å²) < 4.78 is 4.99. The third-order valence-electron chi connectivity index (χ3n) is 2.87. The van der Waals surface area contributed by atoms with Crippen LogP contribution in [0.5, 0.6) is 0 Å². The number of rotatable bonds is 5. The number of carbonyl (C=O) groups is 1. The standard InChI is InChI=1S/C10H21N3O3/c1-16-7-9(6-14)12-8-2-4-13(5-3-8)10(11)15/h8-9,12,14H,2-7H2,1H3,(H2,11,15). The fourth-order valence-corrected chi connectivity index (χ4v) is 1.95. The SMILES string of the molecule is COCC(CO)NC1CCN(C(N)=O)CC1. The molecule has 6 heteroatoms. The van der Waals surface area contributed by atoms with Crippen molar-refractivity contribution >= 4 is 6.03 Å². The largest absolute Gasteiger partial charge is 0.395 e. The van der Waals surface area contributed by atoms with Gasteiger partial charge >= 0.3 is 6.03 Å². The average Bonchev–Trinajstić information content (AvgIpc) is 2.29. The van der Waals surface area contributed by atoms with E-state index in [4.69, 9.17) is 15.6 Å². The molecule has 1 aliphatic heterocycles. The Hall–Kier alpha value is -0.850. The summed E-state index contributed by atoms with van der Waals surface area (Å²) in [4.78, 5) is 12.6. The number of carbonyl (C=O) groups excluding carboxylic acids is 1. The van der Waals surface area contributed by atoms with E-state index in [1.165, 1.54) is 0 Å². The molecule has 0 saturated carbocycles. The monoisotopic (exact) mass is 231 g/mol. The summed E-state index contributed by atoms with van der Waals surface area (Å²) in [5.41, 5.74) is 5.19. The third kappa shape index (κ3) is 3.96. The number of piperidine rings is 1. The second-order valence-corrected chi connectivity index (χ2v) is 4.10. The van der Waals surface area contributed by atoms with Crippen LogP contribution >= 0.6 is 0 Å². The van der Waals surface area contributed by atoms with Crippen LogP contribution in [0.4, 0.5) is 4.79 Å². The number of primary amides is 1. The van der Waals surface area contributed by atoms with Crippen molar-refractivity contribution in [2.45, 2.75) is 24.9 Å². The van der Waals surface area contributed by atoms with Crippen molar-refractivity contribution in [1.82, 2.24) is 10.2 Å². The summed E-state index contributed by atoms with van der Waals surface area (Å²) >= 11 is 0. The average molecular weight is 231 g/mol. The van der Waals surface area contributed by atoms with Crippen molar-refractivity contribution in [1.29, 1.82) is 0 Å². The molecule has 2 amide bonds. The number of hydrogen-bond acceptors (Lipinski definition) is 4. The van der Waals surface area contributed by atoms with Gasteiger partial charge in [0.25, 0.3) is 0 Å². The number of nitrogens with two attached hydrogens (primary N) is 1. The first-order valence-electron chi connectivity index (χ1n) is 5.57. The molecule has 0 aromatic rings. The van der Waals surface area contributed by atoms with Gasteiger partial charge in [-0.05, 0) is 12.8 Å². The van der Waals surface area contributed by atoms with Crippen LogP contribution in [0.2, 0.25) is 0 Å². The predicted molar refractivity (Wildman–Crippen MR) is 60.1 cm³/mol. The van der Waals surface area contributed by atoms with E-state index in [0.717, 1.165) is 12.8 Å². The van der Waals surface area contributed by atoms with E-state index >= 15 is 0 Å². The number of hydrogen-bond donors (Lipinski definition) is 3. The molecule has 4 N–H and O–H groups in total. The number of amides is 2. The van der Waals surface area contributed by atoms with Crippen LogP contribution in [0.3, 0.4) is 0 Å². The number of aliphatic hydroxyl groups excluding tert-OH is 1. The number of nitrogens with zero attached hydrogens (tertiary/aromatic N) is 1. The summed E-state index contributed by atoms with van der Waals surface area (Å²) in [5, 5.41) is 12.4. The Balaban J connectivity index is 2.28. The van der Waals surface area contributed by atoms with Crippen molar-refractivity contribution in [3.8, 4) is 0 Å². The van der Waals surface area contributed by atoms with Gasteiger partial charge < -0.3 is 25.8 Å². The van der Waals surface area contributed by atoms with Crippen molar-refractivity contribution in [3.05, 3.63) is 0 Å². The van der Waals surface area contributed by atoms with Crippen LogP contribution in [0.25, 0.3) is 0 Å². The van der Waals surface area contributed by atoms with Crippen LogP contribution in [-0.4, -0.2) is 61.5 Å². The second kappa shape index (κ2) is 6.67. The normalized spacial score (nSPS) is 19.8. The molecule has 94 valence electrons. The molecule has 0 radical (unpaired) electrons. The van der Waals surface area contributed by atoms with Crippen molar-refractivity contribution in [2.75, 3.05) is 33.4 Å². The molecule has 0 bridgehead atoms. The van der Waals surface area contributed by atoms with E-state index in [1.54, 1.807) is 12.0 Å². The van der Waals surface area contributed by atoms with Crippen LogP contribution in [-0.2, 0) is 4.74 Å². The van der Waals surface area contributed by atoms with Gasteiger partial charge in [0.15, 0.2) is 0 Å². The van der Waals surface area contributed by atoms with Gasteiger partial charge in [-0.3, -0.25) is 0 Å². The number of likely N-dealkylation sites (tertiary alicyclic amines) is 1. The van der Waals surface area contributed by atoms with E-state index in [9.17, 15) is 4.79 Å². The summed E-state index contributed by atoms with van der Waals surface area (Å²) in [5.74, 6) is 0. The molecular weight excluding hydrogens is 210 g/mol. The minimum Gasteiger partial charge on any atom is -0.395 e. The number of aliphatic hydroxyl groups is 1. The van der Waals surface area contributed by atoms with Gasteiger partial charge in [-0.1, -0.05) is 0 Å². The fourth-order valence-electron chi connectivity index (χ4n) is 1.95. The number of urea groups is 1. The Labute approximate surface area is 95.7 Å². The first-order chi connectivity index (χ1) is 7.67. The second-order valence-electron chi connectivity index (χ2n) is 4.10. The molecule has 1 atom stereocenters. The molecule has 1 aliphatic rings. The molecule has 16 heavy (non-hydrogen) atoms. The Morgan fingerprint density at radius 3 is 2.69 bits per heavy atom. The Kier molecular flexibility index (Phi) is 5.51. The number of methoxy groups -OCH3 is 1. The van der Waals surface area contributed by atoms with E-state index < -0.39 is 0 Å². The minimum absolute atomic E-state index is 0.0323. The highest BCUT2D eigenvalue weighted by Crippen LogP contribution is 2.10. The van der Waals surface area contributed by atoms with Gasteiger partial charge in [-0.25, -0.2) is 4.79 Å². The number of nitrogens with one attached hydrogen (secondary N) is 1. The smallest absolute Gasteiger partial charge is 0.314 e. The maximum absolute atomic E-state index is 10.9. The van der Waals surface area contributed by atoms with Gasteiger partial charge in [-0.15, -0.1) is 0 Å². The Bertz CT molecular complexity index is 217. The zero-order valence-electron chi connectivity index (χ0n) is 9.69. The molecule has 1 saturated heterocycles. The van der Waals surface area contributed by atoms with Gasteiger partial charge in [0.2, 0.25) is 0 Å². The Morgan fingerprint density at radius 2 is 2.25 bits per heavy atom. The zero-order chi connectivity index (χ0) is 12.0. The molecular formula is C10H21N3O3. The quantitative estimate of drug-likeness (QED) is 0.574. The highest BCUT2D eigenvalue weighted by atomic mass is 16.5. The van der Waals surface area contributed by atoms with Gasteiger partial charge in [0.05, 0.1) is 19.3 Å². The molecule has 1 unspecified atom stereocenters. The first-order valence-corrected chi connectivity index (χ1v) is 5.57. The van der Waals surface area contributed by atoms with Crippen molar-refractivity contribution in [3.63, 3.8) is 0 Å². The summed E-state index contributed by atoms with van der Waals surface area (Å²) in [7, 11) is 1.61. The maximum atomic E-state index is 10.9.